The van der Waals surface area contributed by atoms with Crippen molar-refractivity contribution in [2.24, 2.45) is 0 Å². The molecule has 5 heteroatoms. The van der Waals surface area contributed by atoms with E-state index >= 15 is 0 Å². The van der Waals surface area contributed by atoms with Crippen molar-refractivity contribution in [3.05, 3.63) is 0 Å². The predicted octanol–water partition coefficient (Wildman–Crippen LogP) is 1.72. The molecule has 1 N–H and O–H groups in total. The van der Waals surface area contributed by atoms with Gasteiger partial charge in [0.05, 0.1) is 6.61 Å². The van der Waals surface area contributed by atoms with E-state index in [4.69, 9.17) is 9.84 Å². The van der Waals surface area contributed by atoms with E-state index in [1.54, 1.807) is 0 Å². The first kappa shape index (κ1) is 16.9. The third-order valence-electron chi connectivity index (χ3n) is 2.48. The predicted molar refractivity (Wildman–Crippen MR) is 72.1 cm³/mol. The maximum atomic E-state index is 11.6. The largest absolute Gasteiger partial charge is 0.371 e. The van der Waals surface area contributed by atoms with Gasteiger partial charge in [-0.15, -0.1) is 0 Å². The second-order valence-electron chi connectivity index (χ2n) is 4.43. The summed E-state index contributed by atoms with van der Waals surface area (Å²) in [5, 5.41) is 8.60. The normalized spacial score (nSPS) is 11.8. The zero-order valence-corrected chi connectivity index (χ0v) is 12.1. The van der Waals surface area contributed by atoms with Crippen LogP contribution in [0.2, 0.25) is 0 Å². The van der Waals surface area contributed by atoms with E-state index in [0.717, 1.165) is 6.54 Å². The quantitative estimate of drug-likeness (QED) is 0.507. The van der Waals surface area contributed by atoms with Crippen LogP contribution in [-0.2, 0) is 9.53 Å². The molecule has 0 heterocycles. The van der Waals surface area contributed by atoms with Crippen LogP contribution in [0, 0.1) is 0 Å². The number of thioether (sulfide) groups is 1. The van der Waals surface area contributed by atoms with Crippen LogP contribution in [0.3, 0.4) is 0 Å². The van der Waals surface area contributed by atoms with Crippen molar-refractivity contribution in [2.75, 3.05) is 25.7 Å². The molecule has 0 saturated heterocycles. The molecule has 0 atom stereocenters. The van der Waals surface area contributed by atoms with Gasteiger partial charge in [-0.3, -0.25) is 9.69 Å². The SMILES string of the molecule is CC(C)N(CCC(=O)SCCOCO)C(C)C. The first-order chi connectivity index (χ1) is 7.99. The number of aliphatic hydroxyl groups excluding tert-OH is 1. The molecule has 4 nitrogen and oxygen atoms in total. The zero-order valence-electron chi connectivity index (χ0n) is 11.3. The van der Waals surface area contributed by atoms with Gasteiger partial charge >= 0.3 is 0 Å². The summed E-state index contributed by atoms with van der Waals surface area (Å²) in [6, 6.07) is 0.927. The molecule has 0 aliphatic heterocycles. The van der Waals surface area contributed by atoms with Gasteiger partial charge in [0.1, 0.15) is 6.79 Å². The summed E-state index contributed by atoms with van der Waals surface area (Å²) in [7, 11) is 0. The Kier molecular flexibility index (Phi) is 9.82. The Hall–Kier alpha value is -0.100. The van der Waals surface area contributed by atoms with Gasteiger partial charge in [-0.05, 0) is 27.7 Å². The standard InChI is InChI=1S/C12H25NO3S/c1-10(2)13(11(3)4)6-5-12(15)17-8-7-16-9-14/h10-11,14H,5-9H2,1-4H3. The van der Waals surface area contributed by atoms with Gasteiger partial charge in [0.15, 0.2) is 5.12 Å². The lowest BCUT2D eigenvalue weighted by atomic mass is 10.2. The average Bonchev–Trinajstić information content (AvgIpc) is 2.23. The van der Waals surface area contributed by atoms with Crippen molar-refractivity contribution in [3.63, 3.8) is 0 Å². The van der Waals surface area contributed by atoms with Crippen LogP contribution in [0.15, 0.2) is 0 Å². The molecule has 0 fully saturated rings. The highest BCUT2D eigenvalue weighted by Crippen LogP contribution is 2.10. The zero-order chi connectivity index (χ0) is 13.3. The summed E-state index contributed by atoms with van der Waals surface area (Å²) in [4.78, 5) is 13.9. The fraction of sp³-hybridized carbons (Fsp3) is 0.917. The third-order valence-corrected chi connectivity index (χ3v) is 3.38. The molecule has 0 aromatic rings. The highest BCUT2D eigenvalue weighted by molar-refractivity contribution is 8.13. The number of hydrogen-bond acceptors (Lipinski definition) is 5. The van der Waals surface area contributed by atoms with Gasteiger partial charge in [0.25, 0.3) is 0 Å². The highest BCUT2D eigenvalue weighted by atomic mass is 32.2. The average molecular weight is 263 g/mol. The highest BCUT2D eigenvalue weighted by Gasteiger charge is 2.14. The van der Waals surface area contributed by atoms with E-state index in [1.807, 2.05) is 0 Å². The molecule has 0 radical (unpaired) electrons. The molecule has 0 aliphatic rings. The molecule has 0 aliphatic carbocycles. The Morgan fingerprint density at radius 3 is 2.35 bits per heavy atom. The molecular formula is C12H25NO3S. The van der Waals surface area contributed by atoms with Crippen LogP contribution >= 0.6 is 11.8 Å². The van der Waals surface area contributed by atoms with Gasteiger partial charge in [-0.1, -0.05) is 11.8 Å². The summed E-state index contributed by atoms with van der Waals surface area (Å²) in [6.07, 6.45) is 0.570. The lowest BCUT2D eigenvalue weighted by Gasteiger charge is -2.30. The van der Waals surface area contributed by atoms with Crippen LogP contribution in [0.1, 0.15) is 34.1 Å². The molecule has 0 saturated carbocycles. The number of carbonyl (C=O) groups excluding carboxylic acids is 1. The minimum atomic E-state index is -0.275. The van der Waals surface area contributed by atoms with Crippen LogP contribution in [0.4, 0.5) is 0 Å². The number of ether oxygens (including phenoxy) is 1. The first-order valence-electron chi connectivity index (χ1n) is 6.09. The Labute approximate surface area is 109 Å². The maximum Gasteiger partial charge on any atom is 0.190 e. The number of hydrogen-bond donors (Lipinski definition) is 1. The summed E-state index contributed by atoms with van der Waals surface area (Å²) < 4.78 is 4.76. The molecule has 0 spiro atoms. The van der Waals surface area contributed by atoms with Crippen LogP contribution in [-0.4, -0.2) is 52.9 Å². The summed E-state index contributed by atoms with van der Waals surface area (Å²) in [6.45, 7) is 9.54. The fourth-order valence-corrected chi connectivity index (χ4v) is 2.35. The van der Waals surface area contributed by atoms with Crippen molar-refractivity contribution in [1.29, 1.82) is 0 Å². The van der Waals surface area contributed by atoms with E-state index in [-0.39, 0.29) is 11.9 Å². The van der Waals surface area contributed by atoms with Gasteiger partial charge in [-0.25, -0.2) is 0 Å². The second-order valence-corrected chi connectivity index (χ2v) is 5.59. The summed E-state index contributed by atoms with van der Waals surface area (Å²) >= 11 is 1.28. The van der Waals surface area contributed by atoms with Crippen molar-refractivity contribution in [1.82, 2.24) is 4.90 Å². The van der Waals surface area contributed by atoms with Crippen molar-refractivity contribution < 1.29 is 14.6 Å². The number of carbonyl (C=O) groups is 1. The Balaban J connectivity index is 3.73. The first-order valence-corrected chi connectivity index (χ1v) is 7.07. The summed E-state index contributed by atoms with van der Waals surface area (Å²) in [5.74, 6) is 0.614. The maximum absolute atomic E-state index is 11.6. The van der Waals surface area contributed by atoms with Crippen LogP contribution in [0.25, 0.3) is 0 Å². The molecule has 17 heavy (non-hydrogen) atoms. The molecule has 0 bridgehead atoms. The molecule has 102 valence electrons. The molecule has 0 aromatic heterocycles. The van der Waals surface area contributed by atoms with Gasteiger partial charge in [0, 0.05) is 30.8 Å². The summed E-state index contributed by atoms with van der Waals surface area (Å²) in [5.41, 5.74) is 0. The van der Waals surface area contributed by atoms with Gasteiger partial charge in [-0.2, -0.15) is 0 Å². The van der Waals surface area contributed by atoms with E-state index in [2.05, 4.69) is 32.6 Å². The monoisotopic (exact) mass is 263 g/mol. The van der Waals surface area contributed by atoms with E-state index in [0.29, 0.717) is 30.9 Å². The smallest absolute Gasteiger partial charge is 0.190 e. The van der Waals surface area contributed by atoms with E-state index in [1.165, 1.54) is 11.8 Å². The Morgan fingerprint density at radius 2 is 1.88 bits per heavy atom. The fourth-order valence-electron chi connectivity index (χ4n) is 1.68. The van der Waals surface area contributed by atoms with Crippen molar-refractivity contribution in [3.8, 4) is 0 Å². The minimum Gasteiger partial charge on any atom is -0.371 e. The van der Waals surface area contributed by atoms with E-state index < -0.39 is 0 Å². The second kappa shape index (κ2) is 9.88. The number of rotatable bonds is 9. The minimum absolute atomic E-state index is 0.192. The topological polar surface area (TPSA) is 49.8 Å². The molecule has 0 aromatic carbocycles. The van der Waals surface area contributed by atoms with Crippen molar-refractivity contribution in [2.45, 2.75) is 46.2 Å². The number of aliphatic hydroxyl groups is 1. The number of nitrogens with zero attached hydrogens (tertiary/aromatic N) is 1. The molecule has 0 rings (SSSR count). The lowest BCUT2D eigenvalue weighted by molar-refractivity contribution is -0.111. The lowest BCUT2D eigenvalue weighted by Crippen LogP contribution is -2.38. The van der Waals surface area contributed by atoms with Crippen molar-refractivity contribution >= 4 is 16.9 Å². The van der Waals surface area contributed by atoms with Crippen LogP contribution < -0.4 is 0 Å². The van der Waals surface area contributed by atoms with Gasteiger partial charge in [0.2, 0.25) is 0 Å². The van der Waals surface area contributed by atoms with Gasteiger partial charge < -0.3 is 9.84 Å². The third kappa shape index (κ3) is 8.60. The Morgan fingerprint density at radius 1 is 1.29 bits per heavy atom. The molecule has 0 unspecified atom stereocenters. The Bertz CT molecular complexity index is 202. The molecule has 0 amide bonds. The van der Waals surface area contributed by atoms with Crippen LogP contribution in [0.5, 0.6) is 0 Å². The molecular weight excluding hydrogens is 238 g/mol. The van der Waals surface area contributed by atoms with E-state index in [9.17, 15) is 4.79 Å².